The van der Waals surface area contributed by atoms with E-state index in [0.717, 1.165) is 5.69 Å². The van der Waals surface area contributed by atoms with Crippen LogP contribution in [-0.2, 0) is 0 Å². The number of nitrogens with zero attached hydrogens (tertiary/aromatic N) is 2. The Hall–Kier alpha value is -1.78. The summed E-state index contributed by atoms with van der Waals surface area (Å²) in [5.41, 5.74) is 6.17. The summed E-state index contributed by atoms with van der Waals surface area (Å²) < 4.78 is 12.5. The van der Waals surface area contributed by atoms with E-state index in [1.807, 2.05) is 0 Å². The van der Waals surface area contributed by atoms with Gasteiger partial charge in [0.05, 0.1) is 0 Å². The van der Waals surface area contributed by atoms with Crippen LogP contribution in [-0.4, -0.2) is 13.0 Å². The molecule has 1 rings (SSSR count). The van der Waals surface area contributed by atoms with E-state index in [1.54, 1.807) is 24.1 Å². The van der Waals surface area contributed by atoms with E-state index in [1.165, 1.54) is 12.1 Å². The number of nitrogens with two attached hydrogens (primary N) is 2. The van der Waals surface area contributed by atoms with E-state index in [4.69, 9.17) is 11.6 Å². The molecule has 0 spiro atoms. The lowest BCUT2D eigenvalue weighted by atomic mass is 10.3. The molecule has 0 aliphatic carbocycles. The molecule has 0 amide bonds. The summed E-state index contributed by atoms with van der Waals surface area (Å²) in [4.78, 5) is 1.56. The predicted molar refractivity (Wildman–Crippen MR) is 50.6 cm³/mol. The van der Waals surface area contributed by atoms with Gasteiger partial charge in [-0.2, -0.15) is 0 Å². The number of halogens is 1. The van der Waals surface area contributed by atoms with Crippen LogP contribution >= 0.6 is 0 Å². The summed E-state index contributed by atoms with van der Waals surface area (Å²) in [6.07, 6.45) is 0. The normalized spacial score (nSPS) is 11.4. The van der Waals surface area contributed by atoms with Crippen molar-refractivity contribution in [2.45, 2.75) is 0 Å². The first-order valence-electron chi connectivity index (χ1n) is 3.68. The monoisotopic (exact) mass is 182 g/mol. The second-order valence-electron chi connectivity index (χ2n) is 2.52. The van der Waals surface area contributed by atoms with Crippen LogP contribution in [0.25, 0.3) is 0 Å². The highest BCUT2D eigenvalue weighted by molar-refractivity contribution is 5.93. The minimum atomic E-state index is -0.291. The highest BCUT2D eigenvalue weighted by Gasteiger charge is 2.03. The minimum Gasteiger partial charge on any atom is -0.368 e. The molecule has 4 N–H and O–H groups in total. The molecule has 13 heavy (non-hydrogen) atoms. The van der Waals surface area contributed by atoms with Crippen molar-refractivity contribution in [3.63, 3.8) is 0 Å². The Labute approximate surface area is 75.6 Å². The van der Waals surface area contributed by atoms with Crippen LogP contribution in [0.4, 0.5) is 10.1 Å². The second-order valence-corrected chi connectivity index (χ2v) is 2.52. The number of hydrazone groups is 1. The SMILES string of the molecule is CN(C(N)=NN)c1ccc(F)cc1. The van der Waals surface area contributed by atoms with Gasteiger partial charge in [-0.15, -0.1) is 5.10 Å². The Kier molecular flexibility index (Phi) is 2.69. The van der Waals surface area contributed by atoms with E-state index in [-0.39, 0.29) is 11.8 Å². The third-order valence-electron chi connectivity index (χ3n) is 1.69. The molecule has 1 aromatic rings. The number of guanidine groups is 1. The third-order valence-corrected chi connectivity index (χ3v) is 1.69. The molecule has 0 unspecified atom stereocenters. The number of benzene rings is 1. The fourth-order valence-electron chi connectivity index (χ4n) is 0.884. The highest BCUT2D eigenvalue weighted by atomic mass is 19.1. The third kappa shape index (κ3) is 2.08. The van der Waals surface area contributed by atoms with Gasteiger partial charge in [-0.25, -0.2) is 4.39 Å². The zero-order chi connectivity index (χ0) is 9.84. The molecule has 70 valence electrons. The lowest BCUT2D eigenvalue weighted by Crippen LogP contribution is -2.34. The maximum Gasteiger partial charge on any atom is 0.217 e. The van der Waals surface area contributed by atoms with Crippen LogP contribution in [0.5, 0.6) is 0 Å². The molecule has 0 aliphatic rings. The smallest absolute Gasteiger partial charge is 0.217 e. The first-order valence-corrected chi connectivity index (χ1v) is 3.68. The summed E-state index contributed by atoms with van der Waals surface area (Å²) in [6, 6.07) is 5.87. The Morgan fingerprint density at radius 2 is 1.92 bits per heavy atom. The van der Waals surface area contributed by atoms with Crippen molar-refractivity contribution in [2.24, 2.45) is 16.7 Å². The second kappa shape index (κ2) is 3.75. The van der Waals surface area contributed by atoms with Crippen molar-refractivity contribution in [2.75, 3.05) is 11.9 Å². The molecule has 0 fully saturated rings. The number of anilines is 1. The number of hydrogen-bond acceptors (Lipinski definition) is 2. The van der Waals surface area contributed by atoms with Crippen LogP contribution in [0.1, 0.15) is 0 Å². The zero-order valence-corrected chi connectivity index (χ0v) is 7.24. The fourth-order valence-corrected chi connectivity index (χ4v) is 0.884. The van der Waals surface area contributed by atoms with Gasteiger partial charge >= 0.3 is 0 Å². The average Bonchev–Trinajstić information content (AvgIpc) is 2.17. The van der Waals surface area contributed by atoms with Gasteiger partial charge in [0.1, 0.15) is 5.82 Å². The van der Waals surface area contributed by atoms with Gasteiger partial charge in [-0.05, 0) is 24.3 Å². The van der Waals surface area contributed by atoms with Crippen LogP contribution in [0, 0.1) is 5.82 Å². The Morgan fingerprint density at radius 1 is 1.38 bits per heavy atom. The van der Waals surface area contributed by atoms with Crippen molar-refractivity contribution in [1.82, 2.24) is 0 Å². The van der Waals surface area contributed by atoms with Gasteiger partial charge in [-0.3, -0.25) is 0 Å². The highest BCUT2D eigenvalue weighted by Crippen LogP contribution is 2.12. The molecule has 0 aromatic heterocycles. The molecular weight excluding hydrogens is 171 g/mol. The van der Waals surface area contributed by atoms with Crippen LogP contribution in [0.3, 0.4) is 0 Å². The molecule has 0 heterocycles. The molecule has 0 atom stereocenters. The minimum absolute atomic E-state index is 0.173. The van der Waals surface area contributed by atoms with Crippen molar-refractivity contribution in [3.8, 4) is 0 Å². The maximum atomic E-state index is 12.5. The molecular formula is C8H11FN4. The van der Waals surface area contributed by atoms with Gasteiger partial charge in [0, 0.05) is 12.7 Å². The average molecular weight is 182 g/mol. The van der Waals surface area contributed by atoms with E-state index in [2.05, 4.69) is 5.10 Å². The maximum absolute atomic E-state index is 12.5. The molecule has 0 saturated heterocycles. The zero-order valence-electron chi connectivity index (χ0n) is 7.24. The Bertz CT molecular complexity index is 306. The van der Waals surface area contributed by atoms with E-state index in [9.17, 15) is 4.39 Å². The quantitative estimate of drug-likeness (QED) is 0.287. The van der Waals surface area contributed by atoms with Crippen molar-refractivity contribution in [3.05, 3.63) is 30.1 Å². The predicted octanol–water partition coefficient (Wildman–Crippen LogP) is 0.450. The van der Waals surface area contributed by atoms with Gasteiger partial charge in [0.25, 0.3) is 0 Å². The van der Waals surface area contributed by atoms with Crippen LogP contribution in [0.15, 0.2) is 29.4 Å². The Morgan fingerprint density at radius 3 is 2.38 bits per heavy atom. The van der Waals surface area contributed by atoms with Crippen molar-refractivity contribution in [1.29, 1.82) is 0 Å². The Balaban J connectivity index is 2.89. The van der Waals surface area contributed by atoms with E-state index in [0.29, 0.717) is 0 Å². The molecule has 0 radical (unpaired) electrons. The van der Waals surface area contributed by atoms with Crippen molar-refractivity contribution >= 4 is 11.6 Å². The van der Waals surface area contributed by atoms with Gasteiger partial charge in [0.2, 0.25) is 5.96 Å². The van der Waals surface area contributed by atoms with Gasteiger partial charge in [-0.1, -0.05) is 0 Å². The van der Waals surface area contributed by atoms with E-state index >= 15 is 0 Å². The summed E-state index contributed by atoms with van der Waals surface area (Å²) in [6.45, 7) is 0. The number of hydrogen-bond donors (Lipinski definition) is 2. The fraction of sp³-hybridized carbons (Fsp3) is 0.125. The molecule has 0 saturated carbocycles. The molecule has 4 nitrogen and oxygen atoms in total. The number of rotatable bonds is 1. The van der Waals surface area contributed by atoms with Crippen LogP contribution < -0.4 is 16.5 Å². The van der Waals surface area contributed by atoms with E-state index < -0.39 is 0 Å². The lowest BCUT2D eigenvalue weighted by molar-refractivity contribution is 0.628. The van der Waals surface area contributed by atoms with Crippen molar-refractivity contribution < 1.29 is 4.39 Å². The molecule has 0 aliphatic heterocycles. The standard InChI is InChI=1S/C8H11FN4/c1-13(8(10)12-11)7-4-2-6(9)3-5-7/h2-5H,11H2,1H3,(H2,10,12). The summed E-state index contributed by atoms with van der Waals surface area (Å²) >= 11 is 0. The van der Waals surface area contributed by atoms with Gasteiger partial charge < -0.3 is 16.5 Å². The first-order chi connectivity index (χ1) is 6.15. The summed E-state index contributed by atoms with van der Waals surface area (Å²) in [5, 5.41) is 3.31. The molecule has 5 heteroatoms. The summed E-state index contributed by atoms with van der Waals surface area (Å²) in [7, 11) is 1.69. The topological polar surface area (TPSA) is 67.6 Å². The lowest BCUT2D eigenvalue weighted by Gasteiger charge is -2.16. The molecule has 1 aromatic carbocycles. The summed E-state index contributed by atoms with van der Waals surface area (Å²) in [5.74, 6) is 4.87. The van der Waals surface area contributed by atoms with Crippen LogP contribution in [0.2, 0.25) is 0 Å². The molecule has 0 bridgehead atoms. The van der Waals surface area contributed by atoms with Gasteiger partial charge in [0.15, 0.2) is 0 Å². The first kappa shape index (κ1) is 9.31. The largest absolute Gasteiger partial charge is 0.368 e.